The van der Waals surface area contributed by atoms with Crippen LogP contribution in [0.15, 0.2) is 18.2 Å². The van der Waals surface area contributed by atoms with Gasteiger partial charge in [-0.3, -0.25) is 0 Å². The lowest BCUT2D eigenvalue weighted by atomic mass is 10.2. The van der Waals surface area contributed by atoms with Gasteiger partial charge in [0.05, 0.1) is 18.6 Å². The van der Waals surface area contributed by atoms with Gasteiger partial charge < -0.3 is 9.47 Å². The lowest BCUT2D eigenvalue weighted by Crippen LogP contribution is -2.11. The van der Waals surface area contributed by atoms with E-state index in [1.807, 2.05) is 13.8 Å². The molecule has 0 saturated heterocycles. The summed E-state index contributed by atoms with van der Waals surface area (Å²) in [6.07, 6.45) is 0.138. The molecule has 0 saturated carbocycles. The SMILES string of the molecule is CC(C)OCCOc1cc(C#CCCl)ccc1F. The average Bonchev–Trinajstić information content (AvgIpc) is 2.34. The van der Waals surface area contributed by atoms with Crippen molar-refractivity contribution in [3.63, 3.8) is 0 Å². The molecule has 4 heteroatoms. The number of alkyl halides is 1. The molecule has 1 aromatic carbocycles. The van der Waals surface area contributed by atoms with Gasteiger partial charge in [-0.05, 0) is 32.0 Å². The summed E-state index contributed by atoms with van der Waals surface area (Å²) < 4.78 is 24.1. The minimum Gasteiger partial charge on any atom is -0.488 e. The summed E-state index contributed by atoms with van der Waals surface area (Å²) in [6, 6.07) is 4.48. The van der Waals surface area contributed by atoms with Crippen LogP contribution >= 0.6 is 11.6 Å². The van der Waals surface area contributed by atoms with Crippen LogP contribution in [-0.4, -0.2) is 25.2 Å². The molecule has 0 aliphatic carbocycles. The van der Waals surface area contributed by atoms with Crippen molar-refractivity contribution in [2.24, 2.45) is 0 Å². The minimum absolute atomic E-state index is 0.138. The van der Waals surface area contributed by atoms with E-state index in [1.165, 1.54) is 6.07 Å². The average molecular weight is 271 g/mol. The largest absolute Gasteiger partial charge is 0.488 e. The van der Waals surface area contributed by atoms with Crippen LogP contribution in [0.4, 0.5) is 4.39 Å². The van der Waals surface area contributed by atoms with Crippen LogP contribution in [0.3, 0.4) is 0 Å². The molecule has 0 heterocycles. The molecule has 1 rings (SSSR count). The highest BCUT2D eigenvalue weighted by Gasteiger charge is 2.04. The Morgan fingerprint density at radius 1 is 1.33 bits per heavy atom. The fraction of sp³-hybridized carbons (Fsp3) is 0.429. The van der Waals surface area contributed by atoms with Gasteiger partial charge in [-0.25, -0.2) is 4.39 Å². The second kappa shape index (κ2) is 7.97. The molecule has 0 amide bonds. The molecule has 0 radical (unpaired) electrons. The van der Waals surface area contributed by atoms with Crippen molar-refractivity contribution in [3.8, 4) is 17.6 Å². The molecule has 0 bridgehead atoms. The van der Waals surface area contributed by atoms with Crippen molar-refractivity contribution in [3.05, 3.63) is 29.6 Å². The van der Waals surface area contributed by atoms with Gasteiger partial charge in [-0.2, -0.15) is 0 Å². The van der Waals surface area contributed by atoms with E-state index in [4.69, 9.17) is 21.1 Å². The Bertz CT molecular complexity index is 435. The van der Waals surface area contributed by atoms with E-state index in [0.717, 1.165) is 0 Å². The van der Waals surface area contributed by atoms with Gasteiger partial charge in [0.2, 0.25) is 0 Å². The summed E-state index contributed by atoms with van der Waals surface area (Å²) in [5, 5.41) is 0. The van der Waals surface area contributed by atoms with Crippen LogP contribution in [0.2, 0.25) is 0 Å². The van der Waals surface area contributed by atoms with Crippen LogP contribution < -0.4 is 4.74 Å². The van der Waals surface area contributed by atoms with Crippen LogP contribution in [0, 0.1) is 17.7 Å². The molecule has 0 aromatic heterocycles. The molecule has 18 heavy (non-hydrogen) atoms. The second-order valence-electron chi connectivity index (χ2n) is 3.85. The molecule has 1 aromatic rings. The van der Waals surface area contributed by atoms with E-state index in [0.29, 0.717) is 18.8 Å². The Morgan fingerprint density at radius 2 is 2.11 bits per heavy atom. The Kier molecular flexibility index (Phi) is 6.56. The Balaban J connectivity index is 2.58. The maximum atomic E-state index is 13.4. The van der Waals surface area contributed by atoms with Crippen LogP contribution in [-0.2, 0) is 4.74 Å². The summed E-state index contributed by atoms with van der Waals surface area (Å²) in [5.74, 6) is 5.54. The molecule has 0 aliphatic heterocycles. The fourth-order valence-corrected chi connectivity index (χ4v) is 1.33. The maximum Gasteiger partial charge on any atom is 0.165 e. The zero-order valence-corrected chi connectivity index (χ0v) is 11.3. The number of hydrogen-bond acceptors (Lipinski definition) is 2. The monoisotopic (exact) mass is 270 g/mol. The third-order valence-corrected chi connectivity index (χ3v) is 2.16. The van der Waals surface area contributed by atoms with Gasteiger partial charge in [-0.15, -0.1) is 11.6 Å². The van der Waals surface area contributed by atoms with Gasteiger partial charge in [0, 0.05) is 5.56 Å². The Labute approximate surface area is 112 Å². The Hall–Kier alpha value is -1.24. The molecule has 2 nitrogen and oxygen atoms in total. The first-order valence-corrected chi connectivity index (χ1v) is 6.25. The van der Waals surface area contributed by atoms with Gasteiger partial charge >= 0.3 is 0 Å². The van der Waals surface area contributed by atoms with Gasteiger partial charge in [-0.1, -0.05) is 11.8 Å². The van der Waals surface area contributed by atoms with Crippen molar-refractivity contribution in [1.29, 1.82) is 0 Å². The highest BCUT2D eigenvalue weighted by Crippen LogP contribution is 2.18. The predicted molar refractivity (Wildman–Crippen MR) is 70.6 cm³/mol. The summed E-state index contributed by atoms with van der Waals surface area (Å²) in [5.41, 5.74) is 0.678. The molecule has 0 N–H and O–H groups in total. The molecule has 0 spiro atoms. The smallest absolute Gasteiger partial charge is 0.165 e. The summed E-state index contributed by atoms with van der Waals surface area (Å²) in [7, 11) is 0. The zero-order valence-electron chi connectivity index (χ0n) is 10.5. The topological polar surface area (TPSA) is 18.5 Å². The number of benzene rings is 1. The van der Waals surface area contributed by atoms with Crippen LogP contribution in [0.1, 0.15) is 19.4 Å². The molecule has 98 valence electrons. The molecular formula is C14H16ClFO2. The maximum absolute atomic E-state index is 13.4. The van der Waals surface area contributed by atoms with E-state index < -0.39 is 5.82 Å². The molecule has 0 atom stereocenters. The highest BCUT2D eigenvalue weighted by atomic mass is 35.5. The van der Waals surface area contributed by atoms with Crippen molar-refractivity contribution in [2.45, 2.75) is 20.0 Å². The fourth-order valence-electron chi connectivity index (χ4n) is 1.26. The summed E-state index contributed by atoms with van der Waals surface area (Å²) in [4.78, 5) is 0. The quantitative estimate of drug-likeness (QED) is 0.465. The van der Waals surface area contributed by atoms with E-state index >= 15 is 0 Å². The van der Waals surface area contributed by atoms with Crippen molar-refractivity contribution < 1.29 is 13.9 Å². The van der Waals surface area contributed by atoms with E-state index in [1.54, 1.807) is 12.1 Å². The summed E-state index contributed by atoms with van der Waals surface area (Å²) in [6.45, 7) is 4.60. The number of hydrogen-bond donors (Lipinski definition) is 0. The van der Waals surface area contributed by atoms with Gasteiger partial charge in [0.1, 0.15) is 6.61 Å². The number of ether oxygens (including phenoxy) is 2. The van der Waals surface area contributed by atoms with Crippen LogP contribution in [0.5, 0.6) is 5.75 Å². The summed E-state index contributed by atoms with van der Waals surface area (Å²) >= 11 is 5.46. The van der Waals surface area contributed by atoms with Crippen molar-refractivity contribution in [2.75, 3.05) is 19.1 Å². The lowest BCUT2D eigenvalue weighted by Gasteiger charge is -2.10. The molecule has 0 aliphatic rings. The van der Waals surface area contributed by atoms with Crippen LogP contribution in [0.25, 0.3) is 0 Å². The molecule has 0 fully saturated rings. The zero-order chi connectivity index (χ0) is 13.4. The lowest BCUT2D eigenvalue weighted by molar-refractivity contribution is 0.0544. The first-order valence-electron chi connectivity index (χ1n) is 5.72. The van der Waals surface area contributed by atoms with E-state index in [2.05, 4.69) is 11.8 Å². The van der Waals surface area contributed by atoms with Crippen molar-refractivity contribution >= 4 is 11.6 Å². The molecular weight excluding hydrogens is 255 g/mol. The minimum atomic E-state index is -0.407. The van der Waals surface area contributed by atoms with E-state index in [9.17, 15) is 4.39 Å². The third-order valence-electron chi connectivity index (χ3n) is 2.02. The number of rotatable bonds is 5. The Morgan fingerprint density at radius 3 is 2.78 bits per heavy atom. The standard InChI is InChI=1S/C14H16ClFO2/c1-11(2)17-8-9-18-14-10-12(4-3-7-15)5-6-13(14)16/h5-6,10-11H,7-9H2,1-2H3. The first-order chi connectivity index (χ1) is 8.63. The van der Waals surface area contributed by atoms with Gasteiger partial charge in [0.25, 0.3) is 0 Å². The third kappa shape index (κ3) is 5.39. The second-order valence-corrected chi connectivity index (χ2v) is 4.12. The van der Waals surface area contributed by atoms with E-state index in [-0.39, 0.29) is 17.7 Å². The number of halogens is 2. The normalized spacial score (nSPS) is 10.1. The van der Waals surface area contributed by atoms with Gasteiger partial charge in [0.15, 0.2) is 11.6 Å². The first kappa shape index (κ1) is 14.8. The highest BCUT2D eigenvalue weighted by molar-refractivity contribution is 6.19. The molecule has 0 unspecified atom stereocenters. The predicted octanol–water partition coefficient (Wildman–Crippen LogP) is 3.22. The van der Waals surface area contributed by atoms with Crippen molar-refractivity contribution in [1.82, 2.24) is 0 Å².